The molecule has 1 heterocycles. The number of methoxy groups -OCH3 is 1. The molecule has 0 saturated carbocycles. The van der Waals surface area contributed by atoms with Crippen LogP contribution in [0, 0.1) is 5.41 Å². The van der Waals surface area contributed by atoms with Gasteiger partial charge in [-0.2, -0.15) is 4.98 Å². The first kappa shape index (κ1) is 25.0. The van der Waals surface area contributed by atoms with Crippen LogP contribution in [0.15, 0.2) is 60.7 Å². The molecule has 0 fully saturated rings. The van der Waals surface area contributed by atoms with Crippen LogP contribution in [0.3, 0.4) is 0 Å². The molecule has 1 amide bonds. The van der Waals surface area contributed by atoms with E-state index < -0.39 is 0 Å². The molecule has 0 aliphatic rings. The van der Waals surface area contributed by atoms with Crippen LogP contribution in [0.5, 0.6) is 5.75 Å². The normalized spacial score (nSPS) is 12.1. The predicted molar refractivity (Wildman–Crippen MR) is 139 cm³/mol. The molecule has 1 aromatic heterocycles. The summed E-state index contributed by atoms with van der Waals surface area (Å²) < 4.78 is 5.32. The molecule has 0 aliphatic carbocycles. The fourth-order valence-corrected chi connectivity index (χ4v) is 3.65. The van der Waals surface area contributed by atoms with Gasteiger partial charge in [0.2, 0.25) is 5.95 Å². The molecule has 0 radical (unpaired) electrons. The second-order valence-electron chi connectivity index (χ2n) is 9.37. The van der Waals surface area contributed by atoms with Gasteiger partial charge in [0.25, 0.3) is 5.91 Å². The van der Waals surface area contributed by atoms with Gasteiger partial charge in [-0.05, 0) is 36.1 Å². The molecular formula is C27H35N5O2. The van der Waals surface area contributed by atoms with Crippen molar-refractivity contribution in [1.29, 1.82) is 0 Å². The zero-order valence-electron chi connectivity index (χ0n) is 20.9. The summed E-state index contributed by atoms with van der Waals surface area (Å²) in [6, 6.07) is 18.9. The molecule has 1 atom stereocenters. The van der Waals surface area contributed by atoms with Gasteiger partial charge in [-0.3, -0.25) is 4.79 Å². The quantitative estimate of drug-likeness (QED) is 0.399. The predicted octanol–water partition coefficient (Wildman–Crippen LogP) is 6.13. The molecule has 3 rings (SSSR count). The number of rotatable bonds is 9. The molecule has 34 heavy (non-hydrogen) atoms. The number of nitrogens with zero attached hydrogens (tertiary/aromatic N) is 3. The number of para-hydroxylation sites is 1. The van der Waals surface area contributed by atoms with Gasteiger partial charge >= 0.3 is 0 Å². The standard InChI is InChI=1S/C27H35N5O2/c1-7-12-23(27(2,3)4)30-24-18-22(25(33)32(5)20-14-9-8-10-15-20)29-26(31-24)28-19-13-11-16-21(17-19)34-6/h8-11,13-18,23H,7,12H2,1-6H3,(H2,28,29,30,31). The van der Waals surface area contributed by atoms with Gasteiger partial charge in [-0.15, -0.1) is 0 Å². The third-order valence-corrected chi connectivity index (χ3v) is 5.66. The number of anilines is 4. The number of carbonyl (C=O) groups excluding carboxylic acids is 1. The van der Waals surface area contributed by atoms with Crippen LogP contribution in [0.1, 0.15) is 51.0 Å². The number of hydrogen-bond donors (Lipinski definition) is 2. The molecule has 2 N–H and O–H groups in total. The summed E-state index contributed by atoms with van der Waals surface area (Å²) >= 11 is 0. The molecule has 0 aliphatic heterocycles. The van der Waals surface area contributed by atoms with E-state index in [2.05, 4.69) is 48.3 Å². The number of hydrogen-bond acceptors (Lipinski definition) is 6. The second kappa shape index (κ2) is 11.0. The zero-order chi connectivity index (χ0) is 24.7. The number of aromatic nitrogens is 2. The van der Waals surface area contributed by atoms with Crippen molar-refractivity contribution >= 4 is 29.0 Å². The Balaban J connectivity index is 1.99. The van der Waals surface area contributed by atoms with Crippen molar-refractivity contribution in [3.05, 3.63) is 66.4 Å². The van der Waals surface area contributed by atoms with Gasteiger partial charge in [0.15, 0.2) is 0 Å². The summed E-state index contributed by atoms with van der Waals surface area (Å²) in [5, 5.41) is 6.78. The second-order valence-corrected chi connectivity index (χ2v) is 9.37. The van der Waals surface area contributed by atoms with E-state index in [1.807, 2.05) is 54.6 Å². The Morgan fingerprint density at radius 1 is 1.06 bits per heavy atom. The highest BCUT2D eigenvalue weighted by Crippen LogP contribution is 2.28. The highest BCUT2D eigenvalue weighted by atomic mass is 16.5. The Kier molecular flexibility index (Phi) is 8.10. The van der Waals surface area contributed by atoms with E-state index in [0.717, 1.165) is 30.0 Å². The third kappa shape index (κ3) is 6.47. The van der Waals surface area contributed by atoms with Crippen molar-refractivity contribution in [2.24, 2.45) is 5.41 Å². The molecule has 0 spiro atoms. The fraction of sp³-hybridized carbons (Fsp3) is 0.370. The topological polar surface area (TPSA) is 79.4 Å². The Morgan fingerprint density at radius 2 is 1.79 bits per heavy atom. The first-order chi connectivity index (χ1) is 16.2. The van der Waals surface area contributed by atoms with E-state index in [1.165, 1.54) is 0 Å². The molecular weight excluding hydrogens is 426 g/mol. The lowest BCUT2D eigenvalue weighted by Gasteiger charge is -2.32. The van der Waals surface area contributed by atoms with Crippen molar-refractivity contribution in [3.63, 3.8) is 0 Å². The molecule has 2 aromatic carbocycles. The van der Waals surface area contributed by atoms with Gasteiger partial charge in [-0.25, -0.2) is 4.98 Å². The Morgan fingerprint density at radius 3 is 2.44 bits per heavy atom. The van der Waals surface area contributed by atoms with Crippen LogP contribution in [0.25, 0.3) is 0 Å². The SMILES string of the molecule is CCCC(Nc1cc(C(=O)N(C)c2ccccc2)nc(Nc2cccc(OC)c2)n1)C(C)(C)C. The number of amides is 1. The monoisotopic (exact) mass is 461 g/mol. The Bertz CT molecular complexity index is 1100. The lowest BCUT2D eigenvalue weighted by molar-refractivity contribution is 0.0988. The average molecular weight is 462 g/mol. The van der Waals surface area contributed by atoms with Crippen molar-refractivity contribution in [2.45, 2.75) is 46.6 Å². The molecule has 1 unspecified atom stereocenters. The first-order valence-electron chi connectivity index (χ1n) is 11.6. The van der Waals surface area contributed by atoms with Gasteiger partial charge in [0.1, 0.15) is 17.3 Å². The summed E-state index contributed by atoms with van der Waals surface area (Å²) in [6.07, 6.45) is 2.02. The van der Waals surface area contributed by atoms with E-state index in [1.54, 1.807) is 25.1 Å². The summed E-state index contributed by atoms with van der Waals surface area (Å²) in [4.78, 5) is 24.2. The van der Waals surface area contributed by atoms with Gasteiger partial charge in [0, 0.05) is 36.6 Å². The number of carbonyl (C=O) groups is 1. The molecule has 0 bridgehead atoms. The Labute approximate surface area is 202 Å². The van der Waals surface area contributed by atoms with Crippen molar-refractivity contribution in [1.82, 2.24) is 9.97 Å². The van der Waals surface area contributed by atoms with E-state index in [9.17, 15) is 4.79 Å². The minimum atomic E-state index is -0.215. The summed E-state index contributed by atoms with van der Waals surface area (Å²) in [7, 11) is 3.37. The highest BCUT2D eigenvalue weighted by Gasteiger charge is 2.25. The number of nitrogens with one attached hydrogen (secondary N) is 2. The zero-order valence-corrected chi connectivity index (χ0v) is 20.9. The van der Waals surface area contributed by atoms with Gasteiger partial charge in [0.05, 0.1) is 7.11 Å². The highest BCUT2D eigenvalue weighted by molar-refractivity contribution is 6.05. The lowest BCUT2D eigenvalue weighted by atomic mass is 9.84. The molecule has 3 aromatic rings. The van der Waals surface area contributed by atoms with Crippen molar-refractivity contribution in [3.8, 4) is 5.75 Å². The maximum absolute atomic E-state index is 13.4. The van der Waals surface area contributed by atoms with Crippen molar-refractivity contribution in [2.75, 3.05) is 29.7 Å². The summed E-state index contributed by atoms with van der Waals surface area (Å²) in [5.41, 5.74) is 1.89. The van der Waals surface area contributed by atoms with Crippen molar-refractivity contribution < 1.29 is 9.53 Å². The largest absolute Gasteiger partial charge is 0.497 e. The Hall–Kier alpha value is -3.61. The van der Waals surface area contributed by atoms with Crippen LogP contribution >= 0.6 is 0 Å². The van der Waals surface area contributed by atoms with Crippen LogP contribution < -0.4 is 20.3 Å². The van der Waals surface area contributed by atoms with Crippen LogP contribution in [-0.4, -0.2) is 36.1 Å². The fourth-order valence-electron chi connectivity index (χ4n) is 3.65. The van der Waals surface area contributed by atoms with E-state index >= 15 is 0 Å². The summed E-state index contributed by atoms with van der Waals surface area (Å²) in [5.74, 6) is 1.45. The first-order valence-corrected chi connectivity index (χ1v) is 11.6. The van der Waals surface area contributed by atoms with Crippen LogP contribution in [-0.2, 0) is 0 Å². The minimum Gasteiger partial charge on any atom is -0.497 e. The molecule has 7 nitrogen and oxygen atoms in total. The molecule has 180 valence electrons. The van der Waals surface area contributed by atoms with E-state index in [4.69, 9.17) is 4.74 Å². The van der Waals surface area contributed by atoms with E-state index in [-0.39, 0.29) is 17.4 Å². The molecule has 0 saturated heterocycles. The van der Waals surface area contributed by atoms with E-state index in [0.29, 0.717) is 17.5 Å². The average Bonchev–Trinajstić information content (AvgIpc) is 2.83. The molecule has 7 heteroatoms. The lowest BCUT2D eigenvalue weighted by Crippen LogP contribution is -2.34. The summed E-state index contributed by atoms with van der Waals surface area (Å²) in [6.45, 7) is 8.77. The smallest absolute Gasteiger partial charge is 0.276 e. The minimum absolute atomic E-state index is 0.0202. The number of benzene rings is 2. The van der Waals surface area contributed by atoms with Gasteiger partial charge in [-0.1, -0.05) is 58.4 Å². The maximum atomic E-state index is 13.4. The maximum Gasteiger partial charge on any atom is 0.276 e. The van der Waals surface area contributed by atoms with Crippen LogP contribution in [0.4, 0.5) is 23.1 Å². The van der Waals surface area contributed by atoms with Crippen LogP contribution in [0.2, 0.25) is 0 Å². The number of ether oxygens (including phenoxy) is 1. The van der Waals surface area contributed by atoms with Gasteiger partial charge < -0.3 is 20.3 Å². The third-order valence-electron chi connectivity index (χ3n) is 5.66.